The van der Waals surface area contributed by atoms with Crippen LogP contribution in [0.4, 0.5) is 0 Å². The maximum atomic E-state index is 11.0. The van der Waals surface area contributed by atoms with E-state index in [0.29, 0.717) is 16.5 Å². The highest BCUT2D eigenvalue weighted by atomic mass is 16.1. The van der Waals surface area contributed by atoms with Gasteiger partial charge in [0.2, 0.25) is 0 Å². The van der Waals surface area contributed by atoms with Crippen LogP contribution in [0.15, 0.2) is 24.4 Å². The number of amides is 1. The summed E-state index contributed by atoms with van der Waals surface area (Å²) in [7, 11) is 0. The molecule has 2 rings (SSSR count). The van der Waals surface area contributed by atoms with Gasteiger partial charge in [-0.05, 0) is 18.2 Å². The van der Waals surface area contributed by atoms with Gasteiger partial charge in [-0.2, -0.15) is 5.26 Å². The highest BCUT2D eigenvalue weighted by molar-refractivity contribution is 6.06. The van der Waals surface area contributed by atoms with Crippen molar-refractivity contribution in [2.24, 2.45) is 5.73 Å². The molecular weight excluding hydrogens is 178 g/mol. The minimum absolute atomic E-state index is 0.414. The second-order valence-corrected chi connectivity index (χ2v) is 2.94. The highest BCUT2D eigenvalue weighted by Gasteiger charge is 2.08. The molecule has 0 aliphatic heterocycles. The van der Waals surface area contributed by atoms with Gasteiger partial charge < -0.3 is 10.7 Å². The summed E-state index contributed by atoms with van der Waals surface area (Å²) in [6.07, 6.45) is 1.55. The molecule has 0 aliphatic carbocycles. The number of carbonyl (C=O) groups excluding carboxylic acids is 1. The average molecular weight is 185 g/mol. The third kappa shape index (κ3) is 1.12. The van der Waals surface area contributed by atoms with Crippen LogP contribution in [0.3, 0.4) is 0 Å². The summed E-state index contributed by atoms with van der Waals surface area (Å²) < 4.78 is 0. The van der Waals surface area contributed by atoms with Gasteiger partial charge in [0.05, 0.1) is 17.2 Å². The van der Waals surface area contributed by atoms with Crippen molar-refractivity contribution in [3.05, 3.63) is 35.5 Å². The standard InChI is InChI=1S/C10H7N3O/c11-4-6-1-2-9-7(3-6)8(5-13-9)10(12)14/h1-3,5,13H,(H2,12,14). The van der Waals surface area contributed by atoms with E-state index < -0.39 is 5.91 Å². The lowest BCUT2D eigenvalue weighted by Crippen LogP contribution is -2.09. The fourth-order valence-corrected chi connectivity index (χ4v) is 1.39. The van der Waals surface area contributed by atoms with Crippen molar-refractivity contribution in [2.75, 3.05) is 0 Å². The summed E-state index contributed by atoms with van der Waals surface area (Å²) in [4.78, 5) is 13.9. The lowest BCUT2D eigenvalue weighted by atomic mass is 10.1. The summed E-state index contributed by atoms with van der Waals surface area (Å²) in [5, 5.41) is 9.38. The van der Waals surface area contributed by atoms with Gasteiger partial charge in [0.15, 0.2) is 0 Å². The molecule has 1 aromatic heterocycles. The van der Waals surface area contributed by atoms with E-state index in [1.54, 1.807) is 24.4 Å². The number of fused-ring (bicyclic) bond motifs is 1. The number of nitrogens with two attached hydrogens (primary N) is 1. The van der Waals surface area contributed by atoms with Crippen LogP contribution in [0.1, 0.15) is 15.9 Å². The first-order chi connectivity index (χ1) is 6.72. The fraction of sp³-hybridized carbons (Fsp3) is 0. The van der Waals surface area contributed by atoms with Crippen molar-refractivity contribution in [3.8, 4) is 6.07 Å². The number of nitrogens with one attached hydrogen (secondary N) is 1. The second-order valence-electron chi connectivity index (χ2n) is 2.94. The molecule has 0 bridgehead atoms. The van der Waals surface area contributed by atoms with Crippen molar-refractivity contribution in [3.63, 3.8) is 0 Å². The van der Waals surface area contributed by atoms with E-state index >= 15 is 0 Å². The van der Waals surface area contributed by atoms with E-state index in [9.17, 15) is 4.79 Å². The van der Waals surface area contributed by atoms with E-state index in [-0.39, 0.29) is 0 Å². The van der Waals surface area contributed by atoms with E-state index in [1.165, 1.54) is 0 Å². The molecule has 1 aromatic carbocycles. The quantitative estimate of drug-likeness (QED) is 0.698. The van der Waals surface area contributed by atoms with Gasteiger partial charge >= 0.3 is 0 Å². The van der Waals surface area contributed by atoms with Crippen LogP contribution in [-0.2, 0) is 0 Å². The molecule has 0 spiro atoms. The molecule has 0 saturated carbocycles. The Labute approximate surface area is 79.9 Å². The molecular formula is C10H7N3O. The first-order valence-electron chi connectivity index (χ1n) is 4.03. The Hall–Kier alpha value is -2.28. The zero-order valence-corrected chi connectivity index (χ0v) is 7.24. The number of hydrogen-bond donors (Lipinski definition) is 2. The Morgan fingerprint density at radius 1 is 1.50 bits per heavy atom. The molecule has 4 nitrogen and oxygen atoms in total. The second kappa shape index (κ2) is 2.89. The Balaban J connectivity index is 2.77. The summed E-state index contributed by atoms with van der Waals surface area (Å²) in [5.74, 6) is -0.494. The molecule has 3 N–H and O–H groups in total. The predicted molar refractivity (Wildman–Crippen MR) is 51.5 cm³/mol. The molecule has 0 aliphatic rings. The molecule has 14 heavy (non-hydrogen) atoms. The lowest BCUT2D eigenvalue weighted by molar-refractivity contribution is 0.100. The van der Waals surface area contributed by atoms with Gasteiger partial charge in [-0.3, -0.25) is 4.79 Å². The number of rotatable bonds is 1. The van der Waals surface area contributed by atoms with E-state index in [1.807, 2.05) is 6.07 Å². The maximum Gasteiger partial charge on any atom is 0.250 e. The molecule has 1 heterocycles. The first kappa shape index (κ1) is 8.32. The molecule has 68 valence electrons. The minimum atomic E-state index is -0.494. The van der Waals surface area contributed by atoms with Gasteiger partial charge in [0, 0.05) is 17.1 Å². The van der Waals surface area contributed by atoms with Crippen molar-refractivity contribution in [2.45, 2.75) is 0 Å². The van der Waals surface area contributed by atoms with Gasteiger partial charge in [-0.15, -0.1) is 0 Å². The highest BCUT2D eigenvalue weighted by Crippen LogP contribution is 2.18. The van der Waals surface area contributed by atoms with Crippen LogP contribution in [-0.4, -0.2) is 10.9 Å². The molecule has 4 heteroatoms. The summed E-state index contributed by atoms with van der Waals surface area (Å²) in [6, 6.07) is 7.09. The smallest absolute Gasteiger partial charge is 0.250 e. The molecule has 1 amide bonds. The van der Waals surface area contributed by atoms with Crippen molar-refractivity contribution >= 4 is 16.8 Å². The zero-order valence-electron chi connectivity index (χ0n) is 7.24. The minimum Gasteiger partial charge on any atom is -0.366 e. The Morgan fingerprint density at radius 3 is 2.93 bits per heavy atom. The SMILES string of the molecule is N#Cc1ccc2[nH]cc(C(N)=O)c2c1. The number of benzene rings is 1. The summed E-state index contributed by atoms with van der Waals surface area (Å²) >= 11 is 0. The van der Waals surface area contributed by atoms with Crippen molar-refractivity contribution in [1.29, 1.82) is 5.26 Å². The lowest BCUT2D eigenvalue weighted by Gasteiger charge is -1.93. The van der Waals surface area contributed by atoms with Crippen LogP contribution < -0.4 is 5.73 Å². The first-order valence-corrected chi connectivity index (χ1v) is 4.03. The van der Waals surface area contributed by atoms with Crippen LogP contribution in [0.25, 0.3) is 10.9 Å². The molecule has 0 unspecified atom stereocenters. The zero-order chi connectivity index (χ0) is 10.1. The molecule has 0 fully saturated rings. The van der Waals surface area contributed by atoms with Gasteiger partial charge in [0.25, 0.3) is 5.91 Å². The topological polar surface area (TPSA) is 82.7 Å². The Morgan fingerprint density at radius 2 is 2.29 bits per heavy atom. The van der Waals surface area contributed by atoms with E-state index in [4.69, 9.17) is 11.0 Å². The predicted octanol–water partition coefficient (Wildman–Crippen LogP) is 1.14. The Kier molecular flexibility index (Phi) is 1.72. The van der Waals surface area contributed by atoms with Crippen LogP contribution in [0, 0.1) is 11.3 Å². The Bertz CT molecular complexity index is 548. The number of hydrogen-bond acceptors (Lipinski definition) is 2. The summed E-state index contributed by atoms with van der Waals surface area (Å²) in [5.41, 5.74) is 6.90. The summed E-state index contributed by atoms with van der Waals surface area (Å²) in [6.45, 7) is 0. The van der Waals surface area contributed by atoms with Crippen molar-refractivity contribution < 1.29 is 4.79 Å². The number of primary amides is 1. The van der Waals surface area contributed by atoms with E-state index in [0.717, 1.165) is 5.52 Å². The molecule has 0 saturated heterocycles. The van der Waals surface area contributed by atoms with Gasteiger partial charge in [0.1, 0.15) is 0 Å². The number of aromatic nitrogens is 1. The number of carbonyl (C=O) groups is 1. The molecule has 0 atom stereocenters. The van der Waals surface area contributed by atoms with Crippen LogP contribution in [0.2, 0.25) is 0 Å². The number of aromatic amines is 1. The average Bonchev–Trinajstić information content (AvgIpc) is 2.59. The third-order valence-electron chi connectivity index (χ3n) is 2.08. The number of nitriles is 1. The number of H-pyrrole nitrogens is 1. The van der Waals surface area contributed by atoms with Gasteiger partial charge in [-0.25, -0.2) is 0 Å². The monoisotopic (exact) mass is 185 g/mol. The largest absolute Gasteiger partial charge is 0.366 e. The van der Waals surface area contributed by atoms with Crippen LogP contribution >= 0.6 is 0 Å². The molecule has 0 radical (unpaired) electrons. The van der Waals surface area contributed by atoms with Gasteiger partial charge in [-0.1, -0.05) is 0 Å². The fourth-order valence-electron chi connectivity index (χ4n) is 1.39. The normalized spacial score (nSPS) is 9.93. The number of nitrogens with zero attached hydrogens (tertiary/aromatic N) is 1. The van der Waals surface area contributed by atoms with Crippen LogP contribution in [0.5, 0.6) is 0 Å². The van der Waals surface area contributed by atoms with E-state index in [2.05, 4.69) is 4.98 Å². The molecule has 2 aromatic rings. The third-order valence-corrected chi connectivity index (χ3v) is 2.08. The maximum absolute atomic E-state index is 11.0. The van der Waals surface area contributed by atoms with Crippen molar-refractivity contribution in [1.82, 2.24) is 4.98 Å².